The summed E-state index contributed by atoms with van der Waals surface area (Å²) in [4.78, 5) is 15.9. The molecule has 2 aliphatic rings. The quantitative estimate of drug-likeness (QED) is 0.828. The first-order chi connectivity index (χ1) is 9.66. The third kappa shape index (κ3) is 2.36. The summed E-state index contributed by atoms with van der Waals surface area (Å²) in [5.41, 5.74) is 1.96. The third-order valence-electron chi connectivity index (χ3n) is 3.62. The number of thiocarbonyl (C=S) groups is 1. The van der Waals surface area contributed by atoms with Crippen LogP contribution in [0.5, 0.6) is 0 Å². The highest BCUT2D eigenvalue weighted by molar-refractivity contribution is 7.80. The first-order valence-electron chi connectivity index (χ1n) is 6.74. The number of anilines is 2. The Balaban J connectivity index is 1.79. The first kappa shape index (κ1) is 13.3. The Morgan fingerprint density at radius 3 is 2.35 bits per heavy atom. The molecule has 0 radical (unpaired) electrons. The molecule has 1 aromatic rings. The molecule has 6 heteroatoms. The lowest BCUT2D eigenvalue weighted by Crippen LogP contribution is -2.36. The number of nitrogens with one attached hydrogen (secondary N) is 1. The van der Waals surface area contributed by atoms with E-state index in [-0.39, 0.29) is 11.9 Å². The van der Waals surface area contributed by atoms with E-state index in [4.69, 9.17) is 17.0 Å². The van der Waals surface area contributed by atoms with Crippen LogP contribution in [0, 0.1) is 0 Å². The van der Waals surface area contributed by atoms with Gasteiger partial charge in [-0.1, -0.05) is 0 Å². The van der Waals surface area contributed by atoms with Crippen molar-refractivity contribution in [1.82, 2.24) is 5.32 Å². The first-order valence-corrected chi connectivity index (χ1v) is 7.15. The molecule has 2 saturated heterocycles. The number of morpholine rings is 1. The lowest BCUT2D eigenvalue weighted by molar-refractivity contribution is -0.117. The number of hydrogen-bond donors (Lipinski definition) is 1. The summed E-state index contributed by atoms with van der Waals surface area (Å²) in [6.45, 7) is 5.14. The molecule has 0 saturated carbocycles. The van der Waals surface area contributed by atoms with Crippen molar-refractivity contribution < 1.29 is 9.53 Å². The van der Waals surface area contributed by atoms with Crippen LogP contribution < -0.4 is 15.1 Å². The Bertz CT molecular complexity index is 526. The number of rotatable bonds is 2. The van der Waals surface area contributed by atoms with Gasteiger partial charge in [-0.2, -0.15) is 0 Å². The van der Waals surface area contributed by atoms with Gasteiger partial charge in [0.2, 0.25) is 0 Å². The Morgan fingerprint density at radius 2 is 1.80 bits per heavy atom. The number of amides is 1. The topological polar surface area (TPSA) is 44.8 Å². The second-order valence-electron chi connectivity index (χ2n) is 4.96. The average molecular weight is 291 g/mol. The molecule has 0 bridgehead atoms. The van der Waals surface area contributed by atoms with Crippen LogP contribution in [0.4, 0.5) is 11.4 Å². The van der Waals surface area contributed by atoms with E-state index in [0.29, 0.717) is 5.11 Å². The summed E-state index contributed by atoms with van der Waals surface area (Å²) in [7, 11) is 0. The number of nitrogens with zero attached hydrogens (tertiary/aromatic N) is 2. The molecule has 1 amide bonds. The maximum Gasteiger partial charge on any atom is 0.255 e. The molecule has 2 heterocycles. The minimum atomic E-state index is -0.249. The molecule has 1 aromatic carbocycles. The van der Waals surface area contributed by atoms with Crippen LogP contribution in [0.15, 0.2) is 24.3 Å². The second kappa shape index (κ2) is 5.38. The van der Waals surface area contributed by atoms with Gasteiger partial charge in [0, 0.05) is 18.8 Å². The van der Waals surface area contributed by atoms with Crippen molar-refractivity contribution in [3.8, 4) is 0 Å². The monoisotopic (exact) mass is 291 g/mol. The Kier molecular flexibility index (Phi) is 3.58. The molecular weight excluding hydrogens is 274 g/mol. The molecule has 2 fully saturated rings. The zero-order valence-corrected chi connectivity index (χ0v) is 12.2. The van der Waals surface area contributed by atoms with Crippen molar-refractivity contribution in [2.45, 2.75) is 13.0 Å². The molecule has 5 nitrogen and oxygen atoms in total. The number of hydrogen-bond acceptors (Lipinski definition) is 4. The van der Waals surface area contributed by atoms with Crippen LogP contribution in [-0.4, -0.2) is 43.4 Å². The van der Waals surface area contributed by atoms with Gasteiger partial charge in [-0.25, -0.2) is 0 Å². The molecule has 0 spiro atoms. The predicted molar refractivity (Wildman–Crippen MR) is 82.2 cm³/mol. The van der Waals surface area contributed by atoms with Crippen molar-refractivity contribution in [1.29, 1.82) is 0 Å². The standard InChI is InChI=1S/C14H17N3O2S/c1-10-13(18)17(14(20)15-10)12-4-2-11(3-5-12)16-6-8-19-9-7-16/h2-5,10H,6-9H2,1H3,(H,15,20)/t10-/m1/s1. The maximum absolute atomic E-state index is 12.1. The van der Waals surface area contributed by atoms with Crippen LogP contribution in [0.2, 0.25) is 0 Å². The summed E-state index contributed by atoms with van der Waals surface area (Å²) in [6, 6.07) is 7.68. The van der Waals surface area contributed by atoms with Crippen LogP contribution in [0.3, 0.4) is 0 Å². The molecule has 0 aliphatic carbocycles. The van der Waals surface area contributed by atoms with Gasteiger partial charge in [-0.3, -0.25) is 9.69 Å². The van der Waals surface area contributed by atoms with Crippen molar-refractivity contribution in [2.24, 2.45) is 0 Å². The molecule has 0 unspecified atom stereocenters. The highest BCUT2D eigenvalue weighted by Crippen LogP contribution is 2.24. The Labute approximate surface area is 123 Å². The van der Waals surface area contributed by atoms with Crippen LogP contribution in [0.25, 0.3) is 0 Å². The van der Waals surface area contributed by atoms with E-state index in [0.717, 1.165) is 37.7 Å². The van der Waals surface area contributed by atoms with E-state index < -0.39 is 0 Å². The summed E-state index contributed by atoms with van der Waals surface area (Å²) in [6.07, 6.45) is 0. The minimum absolute atomic E-state index is 0.00544. The van der Waals surface area contributed by atoms with Crippen LogP contribution in [0.1, 0.15) is 6.92 Å². The Hall–Kier alpha value is -1.66. The fourth-order valence-corrected chi connectivity index (χ4v) is 2.86. The summed E-state index contributed by atoms with van der Waals surface area (Å²) in [5.74, 6) is -0.00544. The van der Waals surface area contributed by atoms with E-state index in [2.05, 4.69) is 10.2 Å². The summed E-state index contributed by atoms with van der Waals surface area (Å²) >= 11 is 5.20. The zero-order valence-electron chi connectivity index (χ0n) is 11.3. The maximum atomic E-state index is 12.1. The average Bonchev–Trinajstić information content (AvgIpc) is 2.73. The van der Waals surface area contributed by atoms with Gasteiger partial charge in [0.1, 0.15) is 6.04 Å². The van der Waals surface area contributed by atoms with E-state index in [1.54, 1.807) is 4.90 Å². The van der Waals surface area contributed by atoms with Crippen LogP contribution in [-0.2, 0) is 9.53 Å². The number of ether oxygens (including phenoxy) is 1. The van der Waals surface area contributed by atoms with Gasteiger partial charge in [0.15, 0.2) is 5.11 Å². The third-order valence-corrected chi connectivity index (χ3v) is 3.92. The minimum Gasteiger partial charge on any atom is -0.378 e. The zero-order chi connectivity index (χ0) is 14.1. The lowest BCUT2D eigenvalue weighted by Gasteiger charge is -2.29. The van der Waals surface area contributed by atoms with Gasteiger partial charge in [-0.15, -0.1) is 0 Å². The number of benzene rings is 1. The molecule has 3 rings (SSSR count). The van der Waals surface area contributed by atoms with Crippen molar-refractivity contribution >= 4 is 34.6 Å². The largest absolute Gasteiger partial charge is 0.378 e. The van der Waals surface area contributed by atoms with E-state index >= 15 is 0 Å². The predicted octanol–water partition coefficient (Wildman–Crippen LogP) is 1.13. The highest BCUT2D eigenvalue weighted by Gasteiger charge is 2.33. The normalized spacial score (nSPS) is 23.1. The molecule has 2 aliphatic heterocycles. The smallest absolute Gasteiger partial charge is 0.255 e. The molecule has 1 atom stereocenters. The number of carbonyl (C=O) groups is 1. The van der Waals surface area contributed by atoms with Crippen molar-refractivity contribution in [2.75, 3.05) is 36.1 Å². The van der Waals surface area contributed by atoms with E-state index in [1.807, 2.05) is 31.2 Å². The van der Waals surface area contributed by atoms with E-state index in [9.17, 15) is 4.79 Å². The fourth-order valence-electron chi connectivity index (χ4n) is 2.48. The van der Waals surface area contributed by atoms with Gasteiger partial charge in [0.05, 0.1) is 18.9 Å². The Morgan fingerprint density at radius 1 is 1.20 bits per heavy atom. The highest BCUT2D eigenvalue weighted by atomic mass is 32.1. The molecule has 1 N–H and O–H groups in total. The summed E-state index contributed by atoms with van der Waals surface area (Å²) in [5, 5.41) is 3.45. The number of carbonyl (C=O) groups excluding carboxylic acids is 1. The second-order valence-corrected chi connectivity index (χ2v) is 5.35. The fraction of sp³-hybridized carbons (Fsp3) is 0.429. The van der Waals surface area contributed by atoms with E-state index in [1.165, 1.54) is 0 Å². The SMILES string of the molecule is C[C@H]1NC(=S)N(c2ccc(N3CCOCC3)cc2)C1=O. The van der Waals surface area contributed by atoms with Gasteiger partial charge in [0.25, 0.3) is 5.91 Å². The van der Waals surface area contributed by atoms with Crippen molar-refractivity contribution in [3.63, 3.8) is 0 Å². The molecule has 0 aromatic heterocycles. The van der Waals surface area contributed by atoms with Gasteiger partial charge < -0.3 is 15.0 Å². The molecular formula is C14H17N3O2S. The lowest BCUT2D eigenvalue weighted by atomic mass is 10.2. The van der Waals surface area contributed by atoms with Crippen LogP contribution >= 0.6 is 12.2 Å². The molecule has 20 heavy (non-hydrogen) atoms. The molecule has 106 valence electrons. The van der Waals surface area contributed by atoms with Crippen molar-refractivity contribution in [3.05, 3.63) is 24.3 Å². The summed E-state index contributed by atoms with van der Waals surface area (Å²) < 4.78 is 5.35. The van der Waals surface area contributed by atoms with Gasteiger partial charge >= 0.3 is 0 Å². The van der Waals surface area contributed by atoms with Gasteiger partial charge in [-0.05, 0) is 43.4 Å².